The molecule has 0 atom stereocenters. The van der Waals surface area contributed by atoms with Crippen LogP contribution in [0.1, 0.15) is 6.92 Å². The highest BCUT2D eigenvalue weighted by Crippen LogP contribution is 2.56. The number of benzene rings is 3. The fourth-order valence-corrected chi connectivity index (χ4v) is 6.70. The average Bonchev–Trinajstić information content (AvgIpc) is 2.62. The summed E-state index contributed by atoms with van der Waals surface area (Å²) in [4.78, 5) is 0. The highest BCUT2D eigenvalue weighted by atomic mass is 79.9. The van der Waals surface area contributed by atoms with Gasteiger partial charge in [0.1, 0.15) is 23.2 Å². The molecule has 3 aromatic carbocycles. The van der Waals surface area contributed by atoms with Crippen LogP contribution >= 0.6 is 24.2 Å². The van der Waals surface area contributed by atoms with E-state index in [0.29, 0.717) is 0 Å². The summed E-state index contributed by atoms with van der Waals surface area (Å²) >= 11 is 0. The van der Waals surface area contributed by atoms with Gasteiger partial charge >= 0.3 is 0 Å². The van der Waals surface area contributed by atoms with Gasteiger partial charge in [-0.05, 0) is 43.3 Å². The van der Waals surface area contributed by atoms with Crippen LogP contribution in [0, 0.1) is 0 Å². The minimum atomic E-state index is -1.73. The predicted octanol–water partition coefficient (Wildman–Crippen LogP) is 5.09. The van der Waals surface area contributed by atoms with Gasteiger partial charge in [0.05, 0.1) is 5.82 Å². The van der Waals surface area contributed by atoms with Crippen molar-refractivity contribution in [2.45, 2.75) is 6.92 Å². The molecule has 0 nitrogen and oxygen atoms in total. The highest BCUT2D eigenvalue weighted by molar-refractivity contribution is 8.93. The molecular weight excluding hydrogens is 363 g/mol. The van der Waals surface area contributed by atoms with E-state index in [1.165, 1.54) is 15.9 Å². The fourth-order valence-electron chi connectivity index (χ4n) is 2.92. The number of rotatable bonds is 4. The number of hydrogen-bond acceptors (Lipinski definition) is 0. The number of halogens is 1. The second-order valence-electron chi connectivity index (χ2n) is 5.21. The highest BCUT2D eigenvalue weighted by Gasteiger charge is 2.42. The lowest BCUT2D eigenvalue weighted by Crippen LogP contribution is -2.29. The SMILES string of the molecule is Br.CC=C[P+](c1ccccc1)(c1ccccc1)c1ccccc1. The van der Waals surface area contributed by atoms with Crippen LogP contribution in [0.25, 0.3) is 0 Å². The van der Waals surface area contributed by atoms with E-state index in [1.54, 1.807) is 0 Å². The van der Waals surface area contributed by atoms with E-state index in [4.69, 9.17) is 0 Å². The average molecular weight is 384 g/mol. The van der Waals surface area contributed by atoms with Crippen molar-refractivity contribution in [1.29, 1.82) is 0 Å². The van der Waals surface area contributed by atoms with Gasteiger partial charge in [0, 0.05) is 0 Å². The van der Waals surface area contributed by atoms with Crippen molar-refractivity contribution < 1.29 is 0 Å². The second kappa shape index (κ2) is 8.24. The lowest BCUT2D eigenvalue weighted by atomic mass is 10.4. The van der Waals surface area contributed by atoms with Crippen LogP contribution in [0.2, 0.25) is 0 Å². The van der Waals surface area contributed by atoms with Crippen molar-refractivity contribution in [1.82, 2.24) is 0 Å². The van der Waals surface area contributed by atoms with Crippen LogP contribution in [-0.4, -0.2) is 0 Å². The Morgan fingerprint density at radius 2 is 0.870 bits per heavy atom. The molecule has 0 fully saturated rings. The maximum Gasteiger partial charge on any atom is 0.136 e. The Morgan fingerprint density at radius 1 is 0.565 bits per heavy atom. The summed E-state index contributed by atoms with van der Waals surface area (Å²) < 4.78 is 0. The topological polar surface area (TPSA) is 0 Å². The molecule has 0 N–H and O–H groups in total. The number of allylic oxidation sites excluding steroid dienone is 1. The summed E-state index contributed by atoms with van der Waals surface area (Å²) in [5.74, 6) is 2.41. The molecule has 3 aromatic rings. The molecule has 0 aromatic heterocycles. The van der Waals surface area contributed by atoms with Crippen LogP contribution in [0.5, 0.6) is 0 Å². The van der Waals surface area contributed by atoms with E-state index >= 15 is 0 Å². The molecule has 0 unspecified atom stereocenters. The van der Waals surface area contributed by atoms with Crippen molar-refractivity contribution in [3.05, 3.63) is 103 Å². The molecule has 0 amide bonds. The van der Waals surface area contributed by atoms with Crippen LogP contribution in [0.4, 0.5) is 0 Å². The van der Waals surface area contributed by atoms with Gasteiger partial charge in [-0.1, -0.05) is 60.7 Å². The van der Waals surface area contributed by atoms with Gasteiger partial charge in [-0.15, -0.1) is 17.0 Å². The Balaban J connectivity index is 0.00000192. The molecule has 0 heterocycles. The van der Waals surface area contributed by atoms with Crippen molar-refractivity contribution in [2.75, 3.05) is 0 Å². The zero-order valence-corrected chi connectivity index (χ0v) is 15.8. The summed E-state index contributed by atoms with van der Waals surface area (Å²) in [5.41, 5.74) is 0. The molecule has 0 bridgehead atoms. The zero-order chi connectivity index (χ0) is 15.3. The molecule has 0 aliphatic rings. The minimum Gasteiger partial charge on any atom is -0.114 e. The smallest absolute Gasteiger partial charge is 0.114 e. The van der Waals surface area contributed by atoms with E-state index in [1.807, 2.05) is 0 Å². The molecule has 0 radical (unpaired) electrons. The molecular formula is C21H21BrP+. The Morgan fingerprint density at radius 3 is 1.13 bits per heavy atom. The van der Waals surface area contributed by atoms with Crippen molar-refractivity contribution in [3.63, 3.8) is 0 Å². The summed E-state index contributed by atoms with van der Waals surface area (Å²) in [5, 5.41) is 4.18. The van der Waals surface area contributed by atoms with E-state index in [0.717, 1.165) is 0 Å². The molecule has 23 heavy (non-hydrogen) atoms. The van der Waals surface area contributed by atoms with Crippen LogP contribution in [-0.2, 0) is 0 Å². The van der Waals surface area contributed by atoms with Gasteiger partial charge in [-0.3, -0.25) is 0 Å². The summed E-state index contributed by atoms with van der Waals surface area (Å²) in [6, 6.07) is 32.6. The standard InChI is InChI=1S/C21H20P.BrH/c1-2-18-22(19-12-6-3-7-13-19,20-14-8-4-9-15-20)21-16-10-5-11-17-21;/h2-18H,1H3;1H/q+1;. The van der Waals surface area contributed by atoms with E-state index < -0.39 is 7.26 Å². The molecule has 0 saturated heterocycles. The summed E-state index contributed by atoms with van der Waals surface area (Å²) in [7, 11) is -1.73. The first-order valence-electron chi connectivity index (χ1n) is 7.57. The third kappa shape index (κ3) is 3.47. The lowest BCUT2D eigenvalue weighted by molar-refractivity contribution is 1.71. The maximum atomic E-state index is 2.41. The molecule has 0 aliphatic carbocycles. The van der Waals surface area contributed by atoms with Gasteiger partial charge < -0.3 is 0 Å². The first kappa shape index (κ1) is 17.7. The van der Waals surface area contributed by atoms with Crippen LogP contribution in [0.15, 0.2) is 103 Å². The zero-order valence-electron chi connectivity index (χ0n) is 13.2. The quantitative estimate of drug-likeness (QED) is 0.550. The molecule has 116 valence electrons. The molecule has 0 saturated carbocycles. The summed E-state index contributed by atoms with van der Waals surface area (Å²) in [6.07, 6.45) is 2.20. The van der Waals surface area contributed by atoms with Crippen molar-refractivity contribution in [2.24, 2.45) is 0 Å². The van der Waals surface area contributed by atoms with Gasteiger partial charge in [0.25, 0.3) is 0 Å². The van der Waals surface area contributed by atoms with Gasteiger partial charge in [0.15, 0.2) is 0 Å². The van der Waals surface area contributed by atoms with Crippen molar-refractivity contribution >= 4 is 40.2 Å². The number of hydrogen-bond donors (Lipinski definition) is 0. The first-order chi connectivity index (χ1) is 10.9. The Kier molecular flexibility index (Phi) is 6.33. The van der Waals surface area contributed by atoms with Gasteiger partial charge in [0.2, 0.25) is 0 Å². The largest absolute Gasteiger partial charge is 0.136 e. The lowest BCUT2D eigenvalue weighted by Gasteiger charge is -2.23. The van der Waals surface area contributed by atoms with Crippen LogP contribution in [0.3, 0.4) is 0 Å². The Bertz CT molecular complexity index is 640. The summed E-state index contributed by atoms with van der Waals surface area (Å²) in [6.45, 7) is 2.11. The van der Waals surface area contributed by atoms with Gasteiger partial charge in [-0.2, -0.15) is 0 Å². The fraction of sp³-hybridized carbons (Fsp3) is 0.0476. The molecule has 3 rings (SSSR count). The molecule has 0 spiro atoms. The van der Waals surface area contributed by atoms with Crippen LogP contribution < -0.4 is 15.9 Å². The second-order valence-corrected chi connectivity index (χ2v) is 8.50. The first-order valence-corrected chi connectivity index (χ1v) is 9.43. The predicted molar refractivity (Wildman–Crippen MR) is 110 cm³/mol. The Labute approximate surface area is 150 Å². The normalized spacial score (nSPS) is 11.2. The monoisotopic (exact) mass is 383 g/mol. The Hall–Kier alpha value is -1.69. The third-order valence-corrected chi connectivity index (χ3v) is 7.95. The van der Waals surface area contributed by atoms with E-state index in [9.17, 15) is 0 Å². The minimum absolute atomic E-state index is 0. The maximum absolute atomic E-state index is 2.41. The molecule has 2 heteroatoms. The van der Waals surface area contributed by atoms with E-state index in [-0.39, 0.29) is 17.0 Å². The molecule has 0 aliphatic heterocycles. The third-order valence-electron chi connectivity index (χ3n) is 3.86. The van der Waals surface area contributed by atoms with Gasteiger partial charge in [-0.25, -0.2) is 0 Å². The van der Waals surface area contributed by atoms with Crippen molar-refractivity contribution in [3.8, 4) is 0 Å². The van der Waals surface area contributed by atoms with E-state index in [2.05, 4.69) is 110 Å².